The second kappa shape index (κ2) is 9.37. The van der Waals surface area contributed by atoms with Crippen molar-refractivity contribution in [2.75, 3.05) is 20.1 Å². The maximum atomic E-state index is 12.5. The number of alkyl halides is 3. The van der Waals surface area contributed by atoms with Gasteiger partial charge in [-0.2, -0.15) is 28.8 Å². The van der Waals surface area contributed by atoms with Gasteiger partial charge >= 0.3 is 15.5 Å². The molecule has 0 bridgehead atoms. The molecule has 2 heterocycles. The highest BCUT2D eigenvalue weighted by molar-refractivity contribution is 14.0. The fourth-order valence-electron chi connectivity index (χ4n) is 2.35. The van der Waals surface area contributed by atoms with E-state index in [1.165, 1.54) is 0 Å². The van der Waals surface area contributed by atoms with Crippen LogP contribution in [0.3, 0.4) is 0 Å². The van der Waals surface area contributed by atoms with Gasteiger partial charge in [-0.05, 0) is 35.2 Å². The van der Waals surface area contributed by atoms with Crippen LogP contribution in [0.2, 0.25) is 0 Å². The van der Waals surface area contributed by atoms with Crippen LogP contribution in [-0.4, -0.2) is 50.4 Å². The van der Waals surface area contributed by atoms with Crippen LogP contribution in [-0.2, 0) is 16.6 Å². The van der Waals surface area contributed by atoms with Crippen LogP contribution in [0.5, 0.6) is 0 Å². The summed E-state index contributed by atoms with van der Waals surface area (Å²) >= 11 is 1.58. The summed E-state index contributed by atoms with van der Waals surface area (Å²) in [5, 5.41) is 10.2. The molecule has 0 unspecified atom stereocenters. The van der Waals surface area contributed by atoms with E-state index in [0.29, 0.717) is 16.8 Å². The minimum Gasteiger partial charge on any atom is -0.354 e. The summed E-state index contributed by atoms with van der Waals surface area (Å²) in [6.45, 7) is 0.256. The summed E-state index contributed by atoms with van der Waals surface area (Å²) in [5.74, 6) is 0.540. The molecule has 0 saturated carbocycles. The molecule has 144 valence electrons. The first-order valence-electron chi connectivity index (χ1n) is 7.28. The minimum absolute atomic E-state index is 0. The monoisotopic (exact) mass is 512 g/mol. The molecule has 1 aromatic rings. The molecule has 0 aliphatic carbocycles. The number of nitrogens with one attached hydrogen (secondary N) is 2. The lowest BCUT2D eigenvalue weighted by molar-refractivity contribution is -0.0494. The van der Waals surface area contributed by atoms with E-state index in [4.69, 9.17) is 0 Å². The maximum Gasteiger partial charge on any atom is 0.511 e. The number of piperidine rings is 1. The molecule has 12 heteroatoms. The largest absolute Gasteiger partial charge is 0.511 e. The van der Waals surface area contributed by atoms with Gasteiger partial charge in [0.2, 0.25) is 0 Å². The predicted octanol–water partition coefficient (Wildman–Crippen LogP) is 2.35. The Morgan fingerprint density at radius 1 is 1.40 bits per heavy atom. The molecule has 1 aromatic heterocycles. The number of hydrogen-bond acceptors (Lipinski definition) is 4. The molecular formula is C13H20F3IN4O2S2. The molecule has 1 aliphatic rings. The van der Waals surface area contributed by atoms with Gasteiger partial charge in [0.1, 0.15) is 0 Å². The summed E-state index contributed by atoms with van der Waals surface area (Å²) in [7, 11) is -3.63. The number of aliphatic imine (C=N–C) groups is 1. The van der Waals surface area contributed by atoms with Crippen molar-refractivity contribution in [2.45, 2.75) is 30.9 Å². The Balaban J connectivity index is 0.00000312. The lowest BCUT2D eigenvalue weighted by atomic mass is 10.1. The van der Waals surface area contributed by atoms with E-state index >= 15 is 0 Å². The first-order chi connectivity index (χ1) is 11.2. The average molecular weight is 512 g/mol. The lowest BCUT2D eigenvalue weighted by Gasteiger charge is -2.32. The smallest absolute Gasteiger partial charge is 0.354 e. The van der Waals surface area contributed by atoms with E-state index in [-0.39, 0.29) is 55.9 Å². The molecule has 25 heavy (non-hydrogen) atoms. The Hall–Kier alpha value is -0.600. The van der Waals surface area contributed by atoms with E-state index in [1.807, 2.05) is 16.8 Å². The van der Waals surface area contributed by atoms with Crippen LogP contribution in [0.1, 0.15) is 18.4 Å². The topological polar surface area (TPSA) is 73.8 Å². The highest BCUT2D eigenvalue weighted by Gasteiger charge is 2.50. The van der Waals surface area contributed by atoms with Crippen LogP contribution in [0.4, 0.5) is 13.2 Å². The zero-order valence-corrected chi connectivity index (χ0v) is 17.4. The average Bonchev–Trinajstić information content (AvgIpc) is 3.04. The third-order valence-electron chi connectivity index (χ3n) is 3.69. The molecule has 1 aliphatic heterocycles. The standard InChI is InChI=1S/C13H19F3N4O2S2.HI/c1-17-12(18-8-10-4-7-23-9-10)19-11-2-5-20(6-3-11)24(21,22)13(14,15)16;/h4,7,9,11H,2-3,5-6,8H2,1H3,(H2,17,18,19);1H. The number of nitrogens with zero attached hydrogens (tertiary/aromatic N) is 2. The Kier molecular flexibility index (Phi) is 8.41. The molecule has 0 aromatic carbocycles. The maximum absolute atomic E-state index is 12.5. The number of hydrogen-bond donors (Lipinski definition) is 2. The zero-order chi connectivity index (χ0) is 17.8. The number of halogens is 4. The van der Waals surface area contributed by atoms with Crippen molar-refractivity contribution in [1.82, 2.24) is 14.9 Å². The van der Waals surface area contributed by atoms with Crippen molar-refractivity contribution in [3.05, 3.63) is 22.4 Å². The Labute approximate surface area is 166 Å². The third-order valence-corrected chi connectivity index (χ3v) is 6.05. The predicted molar refractivity (Wildman–Crippen MR) is 103 cm³/mol. The third kappa shape index (κ3) is 5.96. The summed E-state index contributed by atoms with van der Waals surface area (Å²) in [6, 6.07) is 1.85. The number of guanidine groups is 1. The van der Waals surface area contributed by atoms with Gasteiger partial charge in [0.15, 0.2) is 5.96 Å². The molecule has 6 nitrogen and oxygen atoms in total. The molecule has 2 N–H and O–H groups in total. The van der Waals surface area contributed by atoms with Gasteiger partial charge in [-0.1, -0.05) is 0 Å². The number of sulfonamides is 1. The highest BCUT2D eigenvalue weighted by atomic mass is 127. The van der Waals surface area contributed by atoms with E-state index in [2.05, 4.69) is 15.6 Å². The Morgan fingerprint density at radius 2 is 2.04 bits per heavy atom. The molecule has 0 amide bonds. The summed E-state index contributed by atoms with van der Waals surface area (Å²) in [6.07, 6.45) is 0.572. The van der Waals surface area contributed by atoms with Gasteiger partial charge in [0, 0.05) is 32.7 Å². The van der Waals surface area contributed by atoms with Crippen molar-refractivity contribution >= 4 is 51.3 Å². The normalized spacial score (nSPS) is 17.8. The summed E-state index contributed by atoms with van der Waals surface area (Å²) in [5.41, 5.74) is -4.14. The number of rotatable bonds is 4. The van der Waals surface area contributed by atoms with Crippen LogP contribution in [0.15, 0.2) is 21.8 Å². The van der Waals surface area contributed by atoms with E-state index in [9.17, 15) is 21.6 Å². The molecule has 1 fully saturated rings. The number of thiophene rings is 1. The van der Waals surface area contributed by atoms with Gasteiger partial charge < -0.3 is 10.6 Å². The van der Waals surface area contributed by atoms with Crippen LogP contribution in [0.25, 0.3) is 0 Å². The molecule has 1 saturated heterocycles. The summed E-state index contributed by atoms with van der Waals surface area (Å²) in [4.78, 5) is 4.07. The molecular weight excluding hydrogens is 492 g/mol. The van der Waals surface area contributed by atoms with Gasteiger partial charge in [-0.25, -0.2) is 8.42 Å². The second-order valence-corrected chi connectivity index (χ2v) is 8.04. The Bertz CT molecular complexity index is 657. The van der Waals surface area contributed by atoms with E-state index < -0.39 is 15.5 Å². The van der Waals surface area contributed by atoms with Crippen molar-refractivity contribution < 1.29 is 21.6 Å². The quantitative estimate of drug-likeness (QED) is 0.369. The van der Waals surface area contributed by atoms with Crippen LogP contribution in [0, 0.1) is 0 Å². The van der Waals surface area contributed by atoms with Gasteiger partial charge in [-0.3, -0.25) is 4.99 Å². The summed E-state index contributed by atoms with van der Waals surface area (Å²) < 4.78 is 60.9. The van der Waals surface area contributed by atoms with Crippen LogP contribution < -0.4 is 10.6 Å². The molecule has 0 spiro atoms. The van der Waals surface area contributed by atoms with Crippen molar-refractivity contribution in [2.24, 2.45) is 4.99 Å². The van der Waals surface area contributed by atoms with E-state index in [0.717, 1.165) is 5.56 Å². The SMILES string of the molecule is CN=C(NCc1ccsc1)NC1CCN(S(=O)(=O)C(F)(F)F)CC1.I. The Morgan fingerprint density at radius 3 is 2.52 bits per heavy atom. The van der Waals surface area contributed by atoms with Gasteiger partial charge in [0.25, 0.3) is 0 Å². The minimum atomic E-state index is -5.24. The first-order valence-corrected chi connectivity index (χ1v) is 9.67. The van der Waals surface area contributed by atoms with Crippen molar-refractivity contribution in [3.63, 3.8) is 0 Å². The van der Waals surface area contributed by atoms with E-state index in [1.54, 1.807) is 18.4 Å². The fourth-order valence-corrected chi connectivity index (χ4v) is 4.01. The first kappa shape index (κ1) is 22.4. The van der Waals surface area contributed by atoms with Crippen molar-refractivity contribution in [1.29, 1.82) is 0 Å². The van der Waals surface area contributed by atoms with Gasteiger partial charge in [0.05, 0.1) is 0 Å². The highest BCUT2D eigenvalue weighted by Crippen LogP contribution is 2.28. The second-order valence-electron chi connectivity index (χ2n) is 5.33. The molecule has 0 atom stereocenters. The molecule has 0 radical (unpaired) electrons. The fraction of sp³-hybridized carbons (Fsp3) is 0.615. The van der Waals surface area contributed by atoms with Gasteiger partial charge in [-0.15, -0.1) is 24.0 Å². The molecule has 2 rings (SSSR count). The van der Waals surface area contributed by atoms with Crippen molar-refractivity contribution in [3.8, 4) is 0 Å². The zero-order valence-electron chi connectivity index (χ0n) is 13.4. The lowest BCUT2D eigenvalue weighted by Crippen LogP contribution is -2.51. The van der Waals surface area contributed by atoms with Crippen LogP contribution >= 0.6 is 35.3 Å².